The summed E-state index contributed by atoms with van der Waals surface area (Å²) in [5.74, 6) is -0.926. The molecule has 3 amide bonds. The highest BCUT2D eigenvalue weighted by Crippen LogP contribution is 2.28. The predicted octanol–water partition coefficient (Wildman–Crippen LogP) is 1.89. The molecule has 5 rings (SSSR count). The minimum Gasteiger partial charge on any atom is -0.612 e. The molecule has 1 aliphatic heterocycles. The van der Waals surface area contributed by atoms with E-state index in [-0.39, 0.29) is 30.2 Å². The van der Waals surface area contributed by atoms with E-state index in [9.17, 15) is 18.9 Å². The zero-order valence-corrected chi connectivity index (χ0v) is 19.8. The minimum atomic E-state index is -1.18. The first kappa shape index (κ1) is 22.9. The van der Waals surface area contributed by atoms with E-state index in [0.29, 0.717) is 28.3 Å². The van der Waals surface area contributed by atoms with Gasteiger partial charge in [0.1, 0.15) is 12.7 Å². The number of amides is 3. The summed E-state index contributed by atoms with van der Waals surface area (Å²) < 4.78 is 11.7. The summed E-state index contributed by atoms with van der Waals surface area (Å²) in [5.41, 5.74) is 2.33. The maximum atomic E-state index is 13.1. The molecule has 2 aliphatic rings. The number of nitrogens with zero attached hydrogens (tertiary/aromatic N) is 1. The van der Waals surface area contributed by atoms with Crippen LogP contribution in [0.1, 0.15) is 23.2 Å². The van der Waals surface area contributed by atoms with Crippen LogP contribution in [0.3, 0.4) is 0 Å². The molecule has 0 saturated carbocycles. The van der Waals surface area contributed by atoms with Crippen molar-refractivity contribution < 1.29 is 18.9 Å². The zero-order chi connectivity index (χ0) is 24.5. The summed E-state index contributed by atoms with van der Waals surface area (Å²) in [6.07, 6.45) is 3.98. The summed E-state index contributed by atoms with van der Waals surface area (Å²) >= 11 is -1.18. The van der Waals surface area contributed by atoms with Gasteiger partial charge < -0.3 is 20.1 Å². The number of benzene rings is 3. The molecule has 1 saturated heterocycles. The highest BCUT2D eigenvalue weighted by atomic mass is 32.2. The van der Waals surface area contributed by atoms with Crippen LogP contribution in [0.25, 0.3) is 11.8 Å². The lowest BCUT2D eigenvalue weighted by Gasteiger charge is -2.32. The third kappa shape index (κ3) is 4.58. The highest BCUT2D eigenvalue weighted by Gasteiger charge is 2.34. The molecule has 3 aromatic carbocycles. The van der Waals surface area contributed by atoms with E-state index >= 15 is 0 Å². The van der Waals surface area contributed by atoms with E-state index in [4.69, 9.17) is 0 Å². The van der Waals surface area contributed by atoms with Crippen LogP contribution >= 0.6 is 0 Å². The Kier molecular flexibility index (Phi) is 6.15. The standard InChI is InChI=1S/C27H23N3O4S/c1-35(34)21-7-4-6-18(15-21)27(33)28-19-10-12-20(13-11-19)30-23-14-9-17-5-2-3-8-22(17)26(23)29-24(31)16-25(30)32/h2-13,15,23H,14,16H2,1H3,(H,28,33)(H,29,31). The van der Waals surface area contributed by atoms with Crippen LogP contribution in [0.15, 0.2) is 77.7 Å². The predicted molar refractivity (Wildman–Crippen MR) is 135 cm³/mol. The molecule has 7 nitrogen and oxygen atoms in total. The number of rotatable bonds is 4. The van der Waals surface area contributed by atoms with Gasteiger partial charge in [-0.1, -0.05) is 36.4 Å². The average Bonchev–Trinajstić information content (AvgIpc) is 2.99. The van der Waals surface area contributed by atoms with Crippen molar-refractivity contribution in [1.29, 1.82) is 0 Å². The van der Waals surface area contributed by atoms with E-state index in [0.717, 1.165) is 16.1 Å². The number of hydrogen-bond donors (Lipinski definition) is 2. The molecule has 2 unspecified atom stereocenters. The Bertz CT molecular complexity index is 1450. The van der Waals surface area contributed by atoms with Crippen LogP contribution in [0.4, 0.5) is 11.4 Å². The zero-order valence-electron chi connectivity index (χ0n) is 19.0. The van der Waals surface area contributed by atoms with Gasteiger partial charge >= 0.3 is 0 Å². The molecule has 0 bridgehead atoms. The van der Waals surface area contributed by atoms with Crippen molar-refractivity contribution in [2.75, 3.05) is 16.5 Å². The van der Waals surface area contributed by atoms with Crippen molar-refractivity contribution >= 4 is 52.0 Å². The van der Waals surface area contributed by atoms with Crippen LogP contribution in [0, 0.1) is 0 Å². The first-order valence-electron chi connectivity index (χ1n) is 11.2. The molecule has 1 fully saturated rings. The Balaban J connectivity index is 1.43. The van der Waals surface area contributed by atoms with Gasteiger partial charge in [-0.2, -0.15) is 0 Å². The number of fused-ring (bicyclic) bond motifs is 2. The Morgan fingerprint density at radius 3 is 2.60 bits per heavy atom. The van der Waals surface area contributed by atoms with Gasteiger partial charge in [-0.15, -0.1) is 0 Å². The fraction of sp³-hybridized carbons (Fsp3) is 0.148. The monoisotopic (exact) mass is 485 g/mol. The van der Waals surface area contributed by atoms with Crippen LogP contribution in [0.5, 0.6) is 0 Å². The molecule has 2 atom stereocenters. The lowest BCUT2D eigenvalue weighted by atomic mass is 9.98. The Labute approximate surface area is 205 Å². The van der Waals surface area contributed by atoms with Crippen molar-refractivity contribution in [2.24, 2.45) is 0 Å². The molecule has 0 spiro atoms. The lowest BCUT2D eigenvalue weighted by molar-refractivity contribution is -0.126. The molecule has 35 heavy (non-hydrogen) atoms. The van der Waals surface area contributed by atoms with Gasteiger partial charge in [0.15, 0.2) is 4.90 Å². The molecule has 1 heterocycles. The van der Waals surface area contributed by atoms with Crippen molar-refractivity contribution in [3.05, 3.63) is 88.8 Å². The SMILES string of the molecule is C[S+]([O-])c1cccc(C(=O)Nc2ccc(N3C(=O)CC(=O)NC4=c5ccccc5=CCC43)cc2)c1. The van der Waals surface area contributed by atoms with Gasteiger partial charge in [-0.25, -0.2) is 0 Å². The molecule has 3 aromatic rings. The number of nitrogens with one attached hydrogen (secondary N) is 2. The quantitative estimate of drug-likeness (QED) is 0.435. The largest absolute Gasteiger partial charge is 0.612 e. The fourth-order valence-electron chi connectivity index (χ4n) is 4.48. The third-order valence-electron chi connectivity index (χ3n) is 6.14. The minimum absolute atomic E-state index is 0.240. The van der Waals surface area contributed by atoms with Gasteiger partial charge in [-0.05, 0) is 59.2 Å². The first-order chi connectivity index (χ1) is 16.9. The summed E-state index contributed by atoms with van der Waals surface area (Å²) in [5, 5.41) is 7.73. The second-order valence-corrected chi connectivity index (χ2v) is 9.81. The Morgan fingerprint density at radius 2 is 1.83 bits per heavy atom. The molecular weight excluding hydrogens is 462 g/mol. The maximum Gasteiger partial charge on any atom is 0.255 e. The molecule has 176 valence electrons. The van der Waals surface area contributed by atoms with Gasteiger partial charge in [0.2, 0.25) is 11.8 Å². The van der Waals surface area contributed by atoms with E-state index in [1.807, 2.05) is 24.3 Å². The second kappa shape index (κ2) is 9.40. The van der Waals surface area contributed by atoms with Crippen LogP contribution in [0.2, 0.25) is 0 Å². The number of anilines is 2. The van der Waals surface area contributed by atoms with E-state index in [1.54, 1.807) is 59.7 Å². The number of carbonyl (C=O) groups is 3. The molecule has 2 N–H and O–H groups in total. The van der Waals surface area contributed by atoms with Gasteiger partial charge in [-0.3, -0.25) is 14.4 Å². The number of hydrogen-bond acceptors (Lipinski definition) is 4. The molecule has 0 aromatic heterocycles. The summed E-state index contributed by atoms with van der Waals surface area (Å²) in [7, 11) is 0. The van der Waals surface area contributed by atoms with E-state index < -0.39 is 11.2 Å². The van der Waals surface area contributed by atoms with Gasteiger partial charge in [0.05, 0.1) is 6.04 Å². The van der Waals surface area contributed by atoms with Crippen molar-refractivity contribution in [2.45, 2.75) is 23.8 Å². The summed E-state index contributed by atoms with van der Waals surface area (Å²) in [6.45, 7) is 0. The fourth-order valence-corrected chi connectivity index (χ4v) is 5.04. The molecule has 1 aliphatic carbocycles. The smallest absolute Gasteiger partial charge is 0.255 e. The maximum absolute atomic E-state index is 13.1. The van der Waals surface area contributed by atoms with Crippen molar-refractivity contribution in [3.63, 3.8) is 0 Å². The van der Waals surface area contributed by atoms with Gasteiger partial charge in [0.25, 0.3) is 5.91 Å². The van der Waals surface area contributed by atoms with Crippen LogP contribution in [-0.2, 0) is 20.8 Å². The van der Waals surface area contributed by atoms with Crippen LogP contribution in [-0.4, -0.2) is 34.6 Å². The topological polar surface area (TPSA) is 102 Å². The molecular formula is C27H23N3O4S. The lowest BCUT2D eigenvalue weighted by Crippen LogP contribution is -2.47. The first-order valence-corrected chi connectivity index (χ1v) is 12.7. The highest BCUT2D eigenvalue weighted by molar-refractivity contribution is 7.90. The summed E-state index contributed by atoms with van der Waals surface area (Å²) in [6, 6.07) is 21.1. The van der Waals surface area contributed by atoms with Crippen molar-refractivity contribution in [1.82, 2.24) is 5.32 Å². The average molecular weight is 486 g/mol. The van der Waals surface area contributed by atoms with Crippen LogP contribution < -0.4 is 26.0 Å². The van der Waals surface area contributed by atoms with E-state index in [2.05, 4.69) is 16.7 Å². The number of carbonyl (C=O) groups excluding carboxylic acids is 3. The Hall–Kier alpha value is -3.88. The normalized spacial score (nSPS) is 17.9. The third-order valence-corrected chi connectivity index (χ3v) is 7.06. The summed E-state index contributed by atoms with van der Waals surface area (Å²) in [4.78, 5) is 40.4. The molecule has 8 heteroatoms. The van der Waals surface area contributed by atoms with Gasteiger partial charge in [0, 0.05) is 33.9 Å². The van der Waals surface area contributed by atoms with Crippen molar-refractivity contribution in [3.8, 4) is 0 Å². The van der Waals surface area contributed by atoms with E-state index in [1.165, 1.54) is 0 Å². The molecule has 0 radical (unpaired) electrons. The Morgan fingerprint density at radius 1 is 1.06 bits per heavy atom. The second-order valence-electron chi connectivity index (χ2n) is 8.43.